The van der Waals surface area contributed by atoms with Gasteiger partial charge in [-0.25, -0.2) is 0 Å². The first kappa shape index (κ1) is 15.7. The molecule has 1 unspecified atom stereocenters. The molecule has 0 aliphatic carbocycles. The maximum Gasteiger partial charge on any atom is 0.104 e. The SMILES string of the molecule is CCC(C)N1CCN(c2ccc(C(N)=S)cc2Br)CC1. The summed E-state index contributed by atoms with van der Waals surface area (Å²) in [5.74, 6) is 0. The number of benzene rings is 1. The normalized spacial score (nSPS) is 18.1. The second kappa shape index (κ2) is 6.87. The fourth-order valence-electron chi connectivity index (χ4n) is 2.58. The average Bonchev–Trinajstić information content (AvgIpc) is 2.46. The van der Waals surface area contributed by atoms with Crippen LogP contribution in [0.4, 0.5) is 5.69 Å². The van der Waals surface area contributed by atoms with E-state index in [1.165, 1.54) is 12.1 Å². The summed E-state index contributed by atoms with van der Waals surface area (Å²) >= 11 is 8.65. The Labute approximate surface area is 135 Å². The van der Waals surface area contributed by atoms with E-state index in [0.717, 1.165) is 36.2 Å². The Hall–Kier alpha value is -0.650. The van der Waals surface area contributed by atoms with Gasteiger partial charge < -0.3 is 10.6 Å². The van der Waals surface area contributed by atoms with Crippen molar-refractivity contribution in [3.8, 4) is 0 Å². The third-order valence-corrected chi connectivity index (χ3v) is 4.97. The number of anilines is 1. The molecule has 110 valence electrons. The number of nitrogens with two attached hydrogens (primary N) is 1. The minimum absolute atomic E-state index is 0.443. The third-order valence-electron chi connectivity index (χ3n) is 4.10. The van der Waals surface area contributed by atoms with Crippen LogP contribution in [0.15, 0.2) is 22.7 Å². The van der Waals surface area contributed by atoms with E-state index >= 15 is 0 Å². The van der Waals surface area contributed by atoms with E-state index in [0.29, 0.717) is 11.0 Å². The molecule has 1 fully saturated rings. The van der Waals surface area contributed by atoms with Gasteiger partial charge >= 0.3 is 0 Å². The topological polar surface area (TPSA) is 32.5 Å². The van der Waals surface area contributed by atoms with Crippen LogP contribution in [0.3, 0.4) is 0 Å². The van der Waals surface area contributed by atoms with Gasteiger partial charge in [0.2, 0.25) is 0 Å². The molecule has 5 heteroatoms. The number of piperazine rings is 1. The molecule has 1 saturated heterocycles. The van der Waals surface area contributed by atoms with Gasteiger partial charge in [0, 0.05) is 42.3 Å². The predicted molar refractivity (Wildman–Crippen MR) is 93.6 cm³/mol. The van der Waals surface area contributed by atoms with Crippen molar-refractivity contribution in [2.45, 2.75) is 26.3 Å². The molecule has 20 heavy (non-hydrogen) atoms. The third kappa shape index (κ3) is 3.51. The van der Waals surface area contributed by atoms with E-state index in [2.05, 4.69) is 45.6 Å². The number of nitrogens with zero attached hydrogens (tertiary/aromatic N) is 2. The Morgan fingerprint density at radius 1 is 1.35 bits per heavy atom. The summed E-state index contributed by atoms with van der Waals surface area (Å²) < 4.78 is 1.07. The molecule has 0 spiro atoms. The highest BCUT2D eigenvalue weighted by molar-refractivity contribution is 9.10. The molecule has 1 aromatic rings. The van der Waals surface area contributed by atoms with Crippen molar-refractivity contribution in [3.63, 3.8) is 0 Å². The zero-order valence-electron chi connectivity index (χ0n) is 12.1. The van der Waals surface area contributed by atoms with Crippen LogP contribution < -0.4 is 10.6 Å². The molecule has 0 radical (unpaired) electrons. The van der Waals surface area contributed by atoms with Crippen LogP contribution in [0.5, 0.6) is 0 Å². The van der Waals surface area contributed by atoms with Crippen molar-refractivity contribution in [1.29, 1.82) is 0 Å². The Bertz CT molecular complexity index is 484. The minimum atomic E-state index is 0.443. The lowest BCUT2D eigenvalue weighted by atomic mass is 10.1. The van der Waals surface area contributed by atoms with E-state index in [1.54, 1.807) is 0 Å². The average molecular weight is 356 g/mol. The van der Waals surface area contributed by atoms with E-state index in [1.807, 2.05) is 12.1 Å². The van der Waals surface area contributed by atoms with Crippen LogP contribution in [0.2, 0.25) is 0 Å². The number of hydrogen-bond acceptors (Lipinski definition) is 3. The van der Waals surface area contributed by atoms with Gasteiger partial charge in [-0.15, -0.1) is 0 Å². The molecule has 0 amide bonds. The summed E-state index contributed by atoms with van der Waals surface area (Å²) in [5.41, 5.74) is 7.81. The van der Waals surface area contributed by atoms with Crippen LogP contribution in [-0.4, -0.2) is 42.1 Å². The standard InChI is InChI=1S/C15H22BrN3S/c1-3-11(2)18-6-8-19(9-7-18)14-5-4-12(15(17)20)10-13(14)16/h4-5,10-11H,3,6-9H2,1-2H3,(H2,17,20). The highest BCUT2D eigenvalue weighted by Gasteiger charge is 2.21. The summed E-state index contributed by atoms with van der Waals surface area (Å²) in [5, 5.41) is 0. The fourth-order valence-corrected chi connectivity index (χ4v) is 3.33. The summed E-state index contributed by atoms with van der Waals surface area (Å²) in [6.07, 6.45) is 1.21. The first-order valence-electron chi connectivity index (χ1n) is 7.11. The molecule has 3 nitrogen and oxygen atoms in total. The molecule has 2 N–H and O–H groups in total. The fraction of sp³-hybridized carbons (Fsp3) is 0.533. The lowest BCUT2D eigenvalue weighted by Crippen LogP contribution is -2.49. The number of rotatable bonds is 4. The first-order chi connectivity index (χ1) is 9.52. The molecule has 1 aliphatic heterocycles. The smallest absolute Gasteiger partial charge is 0.104 e. The van der Waals surface area contributed by atoms with Crippen molar-refractivity contribution in [2.75, 3.05) is 31.1 Å². The minimum Gasteiger partial charge on any atom is -0.389 e. The summed E-state index contributed by atoms with van der Waals surface area (Å²) in [6.45, 7) is 8.94. The second-order valence-electron chi connectivity index (χ2n) is 5.31. The van der Waals surface area contributed by atoms with Crippen LogP contribution in [-0.2, 0) is 0 Å². The lowest BCUT2D eigenvalue weighted by Gasteiger charge is -2.39. The Morgan fingerprint density at radius 3 is 2.50 bits per heavy atom. The number of thiocarbonyl (C=S) groups is 1. The summed E-state index contributed by atoms with van der Waals surface area (Å²) in [6, 6.07) is 6.80. The highest BCUT2D eigenvalue weighted by Crippen LogP contribution is 2.28. The quantitative estimate of drug-likeness (QED) is 0.841. The number of halogens is 1. The van der Waals surface area contributed by atoms with Crippen LogP contribution in [0, 0.1) is 0 Å². The van der Waals surface area contributed by atoms with Crippen LogP contribution in [0.25, 0.3) is 0 Å². The maximum absolute atomic E-state index is 5.67. The van der Waals surface area contributed by atoms with Gasteiger partial charge in [0.1, 0.15) is 4.99 Å². The first-order valence-corrected chi connectivity index (χ1v) is 8.31. The largest absolute Gasteiger partial charge is 0.389 e. The van der Waals surface area contributed by atoms with Gasteiger partial charge in [-0.2, -0.15) is 0 Å². The van der Waals surface area contributed by atoms with Gasteiger partial charge in [0.25, 0.3) is 0 Å². The van der Waals surface area contributed by atoms with Gasteiger partial charge in [0.05, 0.1) is 5.69 Å². The van der Waals surface area contributed by atoms with E-state index in [9.17, 15) is 0 Å². The zero-order chi connectivity index (χ0) is 14.7. The summed E-state index contributed by atoms with van der Waals surface area (Å²) in [4.78, 5) is 5.43. The van der Waals surface area contributed by atoms with Crippen LogP contribution >= 0.6 is 28.1 Å². The molecule has 2 rings (SSSR count). The molecule has 0 bridgehead atoms. The van der Waals surface area contributed by atoms with Gasteiger partial charge in [-0.1, -0.05) is 19.1 Å². The highest BCUT2D eigenvalue weighted by atomic mass is 79.9. The molecular weight excluding hydrogens is 334 g/mol. The van der Waals surface area contributed by atoms with Crippen molar-refractivity contribution in [3.05, 3.63) is 28.2 Å². The van der Waals surface area contributed by atoms with Crippen molar-refractivity contribution < 1.29 is 0 Å². The maximum atomic E-state index is 5.67. The van der Waals surface area contributed by atoms with Gasteiger partial charge in [-0.05, 0) is 47.5 Å². The molecule has 0 saturated carbocycles. The lowest BCUT2D eigenvalue weighted by molar-refractivity contribution is 0.193. The predicted octanol–water partition coefficient (Wildman–Crippen LogP) is 3.00. The zero-order valence-corrected chi connectivity index (χ0v) is 14.5. The van der Waals surface area contributed by atoms with Crippen LogP contribution in [0.1, 0.15) is 25.8 Å². The van der Waals surface area contributed by atoms with Crippen molar-refractivity contribution >= 4 is 38.8 Å². The van der Waals surface area contributed by atoms with E-state index in [4.69, 9.17) is 18.0 Å². The Kier molecular flexibility index (Phi) is 5.41. The Balaban J connectivity index is 2.05. The van der Waals surface area contributed by atoms with Crippen molar-refractivity contribution in [1.82, 2.24) is 4.90 Å². The van der Waals surface area contributed by atoms with Gasteiger partial charge in [-0.3, -0.25) is 4.90 Å². The summed E-state index contributed by atoms with van der Waals surface area (Å²) in [7, 11) is 0. The Morgan fingerprint density at radius 2 is 2.00 bits per heavy atom. The van der Waals surface area contributed by atoms with E-state index < -0.39 is 0 Å². The molecule has 1 aromatic carbocycles. The monoisotopic (exact) mass is 355 g/mol. The molecular formula is C15H22BrN3S. The number of hydrogen-bond donors (Lipinski definition) is 1. The second-order valence-corrected chi connectivity index (χ2v) is 6.60. The van der Waals surface area contributed by atoms with Gasteiger partial charge in [0.15, 0.2) is 0 Å². The van der Waals surface area contributed by atoms with Crippen molar-refractivity contribution in [2.24, 2.45) is 5.73 Å². The molecule has 1 heterocycles. The molecule has 0 aromatic heterocycles. The molecule has 1 atom stereocenters. The molecule has 1 aliphatic rings. The van der Waals surface area contributed by atoms with E-state index in [-0.39, 0.29) is 0 Å².